The van der Waals surface area contributed by atoms with Crippen molar-refractivity contribution in [3.63, 3.8) is 0 Å². The Bertz CT molecular complexity index is 1070. The summed E-state index contributed by atoms with van der Waals surface area (Å²) in [6.07, 6.45) is 0. The molecule has 1 unspecified atom stereocenters. The van der Waals surface area contributed by atoms with Crippen molar-refractivity contribution in [1.29, 1.82) is 0 Å². The summed E-state index contributed by atoms with van der Waals surface area (Å²) in [6, 6.07) is 26.0. The molecule has 27 heavy (non-hydrogen) atoms. The Morgan fingerprint density at radius 2 is 1.41 bits per heavy atom. The lowest BCUT2D eigenvalue weighted by Crippen LogP contribution is -2.12. The van der Waals surface area contributed by atoms with Crippen LogP contribution in [0.3, 0.4) is 0 Å². The summed E-state index contributed by atoms with van der Waals surface area (Å²) in [5.74, 6) is 0.121. The summed E-state index contributed by atoms with van der Waals surface area (Å²) < 4.78 is 33.0. The maximum atomic E-state index is 13.5. The fraction of sp³-hybridized carbons (Fsp3) is 0.130. The summed E-state index contributed by atoms with van der Waals surface area (Å²) >= 11 is 0. The highest BCUT2D eigenvalue weighted by Gasteiger charge is 2.38. The maximum absolute atomic E-state index is 13.5. The second-order valence-electron chi connectivity index (χ2n) is 6.65. The van der Waals surface area contributed by atoms with Crippen LogP contribution in [-0.2, 0) is 14.6 Å². The van der Waals surface area contributed by atoms with Crippen LogP contribution in [0.15, 0.2) is 94.7 Å². The van der Waals surface area contributed by atoms with Gasteiger partial charge in [-0.25, -0.2) is 8.42 Å². The van der Waals surface area contributed by atoms with Crippen LogP contribution in [0.5, 0.6) is 0 Å². The van der Waals surface area contributed by atoms with Crippen molar-refractivity contribution in [2.24, 2.45) is 0 Å². The van der Waals surface area contributed by atoms with Gasteiger partial charge in [0.15, 0.2) is 0 Å². The van der Waals surface area contributed by atoms with E-state index in [1.165, 1.54) is 0 Å². The zero-order chi connectivity index (χ0) is 18.9. The minimum absolute atomic E-state index is 0.288. The number of ether oxygens (including phenoxy) is 1. The Morgan fingerprint density at radius 1 is 0.815 bits per heavy atom. The van der Waals surface area contributed by atoms with E-state index in [2.05, 4.69) is 0 Å². The SMILES string of the molecule is Cc1ccc(C2COC(c3ccccc3)=C2S(=O)(=O)c2ccccc2)cc1. The Morgan fingerprint density at radius 3 is 2.04 bits per heavy atom. The minimum atomic E-state index is -3.69. The number of rotatable bonds is 4. The van der Waals surface area contributed by atoms with Crippen LogP contribution in [0.4, 0.5) is 0 Å². The van der Waals surface area contributed by atoms with Gasteiger partial charge in [-0.2, -0.15) is 0 Å². The second kappa shape index (κ2) is 7.05. The van der Waals surface area contributed by atoms with Crippen molar-refractivity contribution < 1.29 is 13.2 Å². The van der Waals surface area contributed by atoms with Crippen LogP contribution in [0.1, 0.15) is 22.6 Å². The summed E-state index contributed by atoms with van der Waals surface area (Å²) in [4.78, 5) is 0.625. The molecule has 0 aromatic heterocycles. The Kier molecular flexibility index (Phi) is 4.58. The molecular weight excluding hydrogens is 356 g/mol. The summed E-state index contributed by atoms with van der Waals surface area (Å²) in [5.41, 5.74) is 2.86. The van der Waals surface area contributed by atoms with Gasteiger partial charge in [0.05, 0.1) is 10.8 Å². The summed E-state index contributed by atoms with van der Waals surface area (Å²) in [7, 11) is -3.69. The molecule has 0 spiro atoms. The zero-order valence-electron chi connectivity index (χ0n) is 15.0. The van der Waals surface area contributed by atoms with Gasteiger partial charge in [0, 0.05) is 5.56 Å². The van der Waals surface area contributed by atoms with Crippen LogP contribution in [0.2, 0.25) is 0 Å². The average molecular weight is 376 g/mol. The quantitative estimate of drug-likeness (QED) is 0.647. The van der Waals surface area contributed by atoms with Gasteiger partial charge in [-0.05, 0) is 24.6 Å². The number of hydrogen-bond acceptors (Lipinski definition) is 3. The monoisotopic (exact) mass is 376 g/mol. The van der Waals surface area contributed by atoms with E-state index in [9.17, 15) is 8.42 Å². The first-order valence-corrected chi connectivity index (χ1v) is 10.3. The molecule has 0 fully saturated rings. The van der Waals surface area contributed by atoms with E-state index in [4.69, 9.17) is 4.74 Å². The van der Waals surface area contributed by atoms with Gasteiger partial charge in [0.2, 0.25) is 9.84 Å². The largest absolute Gasteiger partial charge is 0.491 e. The third-order valence-corrected chi connectivity index (χ3v) is 6.74. The molecule has 1 heterocycles. The number of hydrogen-bond donors (Lipinski definition) is 0. The molecule has 3 aromatic carbocycles. The predicted molar refractivity (Wildman–Crippen MR) is 107 cm³/mol. The van der Waals surface area contributed by atoms with Crippen molar-refractivity contribution in [3.05, 3.63) is 107 Å². The summed E-state index contributed by atoms with van der Waals surface area (Å²) in [5, 5.41) is 0. The molecule has 1 aliphatic rings. The van der Waals surface area contributed by atoms with E-state index in [1.807, 2.05) is 67.6 Å². The number of aryl methyl sites for hydroxylation is 1. The van der Waals surface area contributed by atoms with Crippen LogP contribution >= 0.6 is 0 Å². The summed E-state index contributed by atoms with van der Waals surface area (Å²) in [6.45, 7) is 2.33. The highest BCUT2D eigenvalue weighted by Crippen LogP contribution is 2.43. The van der Waals surface area contributed by atoms with Gasteiger partial charge in [0.1, 0.15) is 17.3 Å². The molecule has 3 nitrogen and oxygen atoms in total. The molecular formula is C23H20O3S. The standard InChI is InChI=1S/C23H20O3S/c1-17-12-14-18(15-13-17)21-16-26-22(19-8-4-2-5-9-19)23(21)27(24,25)20-10-6-3-7-11-20/h2-15,21H,16H2,1H3. The lowest BCUT2D eigenvalue weighted by atomic mass is 9.98. The van der Waals surface area contributed by atoms with Crippen LogP contribution in [-0.4, -0.2) is 15.0 Å². The molecule has 1 aliphatic heterocycles. The van der Waals surface area contributed by atoms with Gasteiger partial charge >= 0.3 is 0 Å². The highest BCUT2D eigenvalue weighted by molar-refractivity contribution is 7.95. The first-order chi connectivity index (χ1) is 13.1. The Balaban J connectivity index is 1.92. The van der Waals surface area contributed by atoms with Crippen molar-refractivity contribution in [2.45, 2.75) is 17.7 Å². The van der Waals surface area contributed by atoms with Gasteiger partial charge in [-0.3, -0.25) is 0 Å². The molecule has 0 N–H and O–H groups in total. The van der Waals surface area contributed by atoms with E-state index < -0.39 is 9.84 Å². The van der Waals surface area contributed by atoms with Crippen molar-refractivity contribution in [1.82, 2.24) is 0 Å². The van der Waals surface area contributed by atoms with Crippen molar-refractivity contribution in [3.8, 4) is 0 Å². The molecule has 4 rings (SSSR count). The van der Waals surface area contributed by atoms with E-state index >= 15 is 0 Å². The number of sulfone groups is 1. The van der Waals surface area contributed by atoms with Gasteiger partial charge < -0.3 is 4.74 Å². The predicted octanol–water partition coefficient (Wildman–Crippen LogP) is 4.95. The van der Waals surface area contributed by atoms with Gasteiger partial charge in [-0.15, -0.1) is 0 Å². The van der Waals surface area contributed by atoms with Crippen LogP contribution in [0.25, 0.3) is 5.76 Å². The molecule has 3 aromatic rings. The highest BCUT2D eigenvalue weighted by atomic mass is 32.2. The van der Waals surface area contributed by atoms with E-state index in [-0.39, 0.29) is 10.8 Å². The smallest absolute Gasteiger partial charge is 0.207 e. The lowest BCUT2D eigenvalue weighted by Gasteiger charge is -2.15. The molecule has 0 radical (unpaired) electrons. The molecule has 0 saturated heterocycles. The molecule has 0 amide bonds. The van der Waals surface area contributed by atoms with Crippen molar-refractivity contribution in [2.75, 3.05) is 6.61 Å². The third-order valence-electron chi connectivity index (χ3n) is 4.79. The molecule has 0 aliphatic carbocycles. The van der Waals surface area contributed by atoms with Gasteiger partial charge in [0.25, 0.3) is 0 Å². The fourth-order valence-electron chi connectivity index (χ4n) is 3.37. The Hall–Kier alpha value is -2.85. The van der Waals surface area contributed by atoms with Crippen LogP contribution in [0, 0.1) is 6.92 Å². The van der Waals surface area contributed by atoms with E-state index in [0.29, 0.717) is 17.3 Å². The molecule has 0 bridgehead atoms. The fourth-order valence-corrected chi connectivity index (χ4v) is 5.14. The van der Waals surface area contributed by atoms with E-state index in [1.54, 1.807) is 24.3 Å². The zero-order valence-corrected chi connectivity index (χ0v) is 15.8. The molecule has 1 atom stereocenters. The number of benzene rings is 3. The Labute approximate surface area is 159 Å². The van der Waals surface area contributed by atoms with Gasteiger partial charge in [-0.1, -0.05) is 78.4 Å². The maximum Gasteiger partial charge on any atom is 0.207 e. The first-order valence-electron chi connectivity index (χ1n) is 8.86. The topological polar surface area (TPSA) is 43.4 Å². The average Bonchev–Trinajstić information content (AvgIpc) is 3.16. The second-order valence-corrected chi connectivity index (χ2v) is 8.57. The normalized spacial score (nSPS) is 17.0. The lowest BCUT2D eigenvalue weighted by molar-refractivity contribution is 0.293. The first kappa shape index (κ1) is 17.6. The van der Waals surface area contributed by atoms with Crippen LogP contribution < -0.4 is 0 Å². The molecule has 4 heteroatoms. The van der Waals surface area contributed by atoms with Crippen molar-refractivity contribution >= 4 is 15.6 Å². The molecule has 136 valence electrons. The molecule has 0 saturated carbocycles. The van der Waals surface area contributed by atoms with E-state index in [0.717, 1.165) is 16.7 Å². The third kappa shape index (κ3) is 3.28. The minimum Gasteiger partial charge on any atom is -0.491 e.